The molecule has 6 rings (SSSR count). The van der Waals surface area contributed by atoms with Crippen molar-refractivity contribution in [3.63, 3.8) is 0 Å². The molecule has 2 saturated heterocycles. The van der Waals surface area contributed by atoms with Crippen LogP contribution >= 0.6 is 0 Å². The summed E-state index contributed by atoms with van der Waals surface area (Å²) in [7, 11) is 0. The molecule has 228 valence electrons. The van der Waals surface area contributed by atoms with Crippen molar-refractivity contribution < 1.29 is 28.6 Å². The van der Waals surface area contributed by atoms with E-state index in [0.717, 1.165) is 10.8 Å². The normalized spacial score (nSPS) is 17.0. The number of hydrogen-bond acceptors (Lipinski definition) is 8. The Kier molecular flexibility index (Phi) is 8.42. The van der Waals surface area contributed by atoms with E-state index in [2.05, 4.69) is 15.3 Å². The maximum absolute atomic E-state index is 14.5. The standard InChI is InChI=1S/C32H33FN6O5/c1-2-23-20-38(11-12-39(23)32(41)42)31-34-10-9-29(36-31)44-28-8-7-27(25-5-3-4-6-26(25)28)35-30(40)21-17-22(33)19-24(18-21)37-13-15-43-16-14-37/h3-10,17-19,23H,2,11-16,20H2,1H3,(H,35,40)(H,41,42). The van der Waals surface area contributed by atoms with E-state index in [4.69, 9.17) is 9.47 Å². The molecule has 0 spiro atoms. The number of carboxylic acid groups (broad SMARTS) is 1. The van der Waals surface area contributed by atoms with Gasteiger partial charge in [0.15, 0.2) is 0 Å². The molecule has 0 radical (unpaired) electrons. The summed E-state index contributed by atoms with van der Waals surface area (Å²) in [5.74, 6) is 0.426. The van der Waals surface area contributed by atoms with Crippen LogP contribution in [0.5, 0.6) is 11.6 Å². The number of carbonyl (C=O) groups excluding carboxylic acids is 1. The van der Waals surface area contributed by atoms with E-state index in [1.54, 1.807) is 30.5 Å². The number of nitrogens with one attached hydrogen (secondary N) is 1. The maximum atomic E-state index is 14.5. The van der Waals surface area contributed by atoms with Gasteiger partial charge >= 0.3 is 6.09 Å². The minimum absolute atomic E-state index is 0.153. The van der Waals surface area contributed by atoms with Crippen LogP contribution in [0.25, 0.3) is 10.8 Å². The smallest absolute Gasteiger partial charge is 0.407 e. The van der Waals surface area contributed by atoms with Crippen molar-refractivity contribution in [1.82, 2.24) is 14.9 Å². The van der Waals surface area contributed by atoms with Crippen molar-refractivity contribution in [3.05, 3.63) is 78.2 Å². The predicted molar refractivity (Wildman–Crippen MR) is 164 cm³/mol. The second-order valence-corrected chi connectivity index (χ2v) is 10.7. The van der Waals surface area contributed by atoms with E-state index in [1.165, 1.54) is 17.0 Å². The number of piperazine rings is 1. The number of rotatable bonds is 7. The van der Waals surface area contributed by atoms with E-state index in [0.29, 0.717) is 81.3 Å². The molecule has 2 N–H and O–H groups in total. The van der Waals surface area contributed by atoms with Gasteiger partial charge in [-0.15, -0.1) is 0 Å². The minimum Gasteiger partial charge on any atom is -0.465 e. The fourth-order valence-electron chi connectivity index (χ4n) is 5.67. The Balaban J connectivity index is 1.21. The molecule has 0 aliphatic carbocycles. The molecule has 2 aliphatic heterocycles. The molecule has 3 aromatic carbocycles. The number of morpholine rings is 1. The highest BCUT2D eigenvalue weighted by atomic mass is 19.1. The Labute approximate surface area is 253 Å². The topological polar surface area (TPSA) is 120 Å². The monoisotopic (exact) mass is 600 g/mol. The van der Waals surface area contributed by atoms with Crippen LogP contribution in [-0.4, -0.2) is 84.0 Å². The summed E-state index contributed by atoms with van der Waals surface area (Å²) in [4.78, 5) is 39.3. The number of fused-ring (bicyclic) bond motifs is 1. The van der Waals surface area contributed by atoms with Crippen LogP contribution in [0.3, 0.4) is 0 Å². The molecule has 0 saturated carbocycles. The summed E-state index contributed by atoms with van der Waals surface area (Å²) in [5, 5.41) is 13.9. The summed E-state index contributed by atoms with van der Waals surface area (Å²) in [6.07, 6.45) is 1.38. The van der Waals surface area contributed by atoms with E-state index in [9.17, 15) is 19.1 Å². The van der Waals surface area contributed by atoms with E-state index in [-0.39, 0.29) is 11.6 Å². The number of nitrogens with zero attached hydrogens (tertiary/aromatic N) is 5. The first-order valence-electron chi connectivity index (χ1n) is 14.6. The van der Waals surface area contributed by atoms with Gasteiger partial charge in [-0.3, -0.25) is 4.79 Å². The zero-order valence-corrected chi connectivity index (χ0v) is 24.3. The Morgan fingerprint density at radius 3 is 2.59 bits per heavy atom. The number of hydrogen-bond donors (Lipinski definition) is 2. The summed E-state index contributed by atoms with van der Waals surface area (Å²) in [6.45, 7) is 5.66. The molecular weight excluding hydrogens is 567 g/mol. The van der Waals surface area contributed by atoms with Crippen LogP contribution in [-0.2, 0) is 4.74 Å². The van der Waals surface area contributed by atoms with Gasteiger partial charge in [-0.05, 0) is 36.8 Å². The summed E-state index contributed by atoms with van der Waals surface area (Å²) >= 11 is 0. The molecule has 0 bridgehead atoms. The second kappa shape index (κ2) is 12.7. The van der Waals surface area contributed by atoms with Crippen molar-refractivity contribution >= 4 is 40.1 Å². The Hall–Kier alpha value is -4.97. The fraction of sp³-hybridized carbons (Fsp3) is 0.312. The van der Waals surface area contributed by atoms with Crippen LogP contribution in [0.4, 0.5) is 26.5 Å². The van der Waals surface area contributed by atoms with E-state index < -0.39 is 17.8 Å². The van der Waals surface area contributed by atoms with Gasteiger partial charge in [0.2, 0.25) is 11.8 Å². The number of aromatic nitrogens is 2. The molecule has 1 aromatic heterocycles. The van der Waals surface area contributed by atoms with E-state index in [1.807, 2.05) is 41.0 Å². The van der Waals surface area contributed by atoms with Gasteiger partial charge in [-0.1, -0.05) is 31.2 Å². The Morgan fingerprint density at radius 1 is 1.02 bits per heavy atom. The Morgan fingerprint density at radius 2 is 1.82 bits per heavy atom. The predicted octanol–water partition coefficient (Wildman–Crippen LogP) is 5.23. The quantitative estimate of drug-likeness (QED) is 0.294. The van der Waals surface area contributed by atoms with Crippen LogP contribution < -0.4 is 19.9 Å². The molecule has 11 nitrogen and oxygen atoms in total. The zero-order chi connectivity index (χ0) is 30.6. The van der Waals surface area contributed by atoms with Crippen LogP contribution in [0, 0.1) is 5.82 Å². The summed E-state index contributed by atoms with van der Waals surface area (Å²) in [5.41, 5.74) is 1.42. The van der Waals surface area contributed by atoms with Gasteiger partial charge in [0.05, 0.1) is 19.3 Å². The second-order valence-electron chi connectivity index (χ2n) is 10.7. The maximum Gasteiger partial charge on any atom is 0.407 e. The molecule has 1 atom stereocenters. The fourth-order valence-corrected chi connectivity index (χ4v) is 5.67. The number of benzene rings is 3. The number of carbonyl (C=O) groups is 2. The molecule has 12 heteroatoms. The number of amides is 2. The van der Waals surface area contributed by atoms with Crippen molar-refractivity contribution in [2.45, 2.75) is 19.4 Å². The van der Waals surface area contributed by atoms with Gasteiger partial charge in [0.25, 0.3) is 5.91 Å². The van der Waals surface area contributed by atoms with Crippen molar-refractivity contribution in [2.24, 2.45) is 0 Å². The third-order valence-corrected chi connectivity index (χ3v) is 7.97. The number of halogens is 1. The average Bonchev–Trinajstić information content (AvgIpc) is 3.05. The van der Waals surface area contributed by atoms with Crippen molar-refractivity contribution in [3.8, 4) is 11.6 Å². The highest BCUT2D eigenvalue weighted by molar-refractivity contribution is 6.10. The number of anilines is 3. The molecule has 44 heavy (non-hydrogen) atoms. The molecule has 2 fully saturated rings. The third kappa shape index (κ3) is 6.20. The highest BCUT2D eigenvalue weighted by Gasteiger charge is 2.30. The molecular formula is C32H33FN6O5. The van der Waals surface area contributed by atoms with Crippen LogP contribution in [0.2, 0.25) is 0 Å². The van der Waals surface area contributed by atoms with Gasteiger partial charge in [0, 0.05) is 72.7 Å². The number of ether oxygens (including phenoxy) is 2. The first-order chi connectivity index (χ1) is 21.4. The SMILES string of the molecule is CCC1CN(c2nccc(Oc3ccc(NC(=O)c4cc(F)cc(N5CCOCC5)c4)c4ccccc34)n2)CCN1C(=O)O. The lowest BCUT2D eigenvalue weighted by molar-refractivity contribution is 0.102. The molecule has 3 heterocycles. The zero-order valence-electron chi connectivity index (χ0n) is 24.3. The highest BCUT2D eigenvalue weighted by Crippen LogP contribution is 2.35. The lowest BCUT2D eigenvalue weighted by Gasteiger charge is -2.39. The Bertz CT molecular complexity index is 1680. The minimum atomic E-state index is -0.922. The largest absolute Gasteiger partial charge is 0.465 e. The summed E-state index contributed by atoms with van der Waals surface area (Å²) < 4.78 is 26.1. The molecule has 2 aliphatic rings. The first-order valence-corrected chi connectivity index (χ1v) is 14.6. The van der Waals surface area contributed by atoms with Gasteiger partial charge in [0.1, 0.15) is 11.6 Å². The molecule has 2 amide bonds. The van der Waals surface area contributed by atoms with Crippen molar-refractivity contribution in [2.75, 3.05) is 61.1 Å². The van der Waals surface area contributed by atoms with Crippen molar-refractivity contribution in [1.29, 1.82) is 0 Å². The van der Waals surface area contributed by atoms with E-state index >= 15 is 0 Å². The third-order valence-electron chi connectivity index (χ3n) is 7.97. The molecule has 4 aromatic rings. The first kappa shape index (κ1) is 29.1. The van der Waals surface area contributed by atoms with Crippen LogP contribution in [0.15, 0.2) is 66.9 Å². The van der Waals surface area contributed by atoms with Gasteiger partial charge < -0.3 is 34.6 Å². The average molecular weight is 601 g/mol. The molecule has 1 unspecified atom stereocenters. The van der Waals surface area contributed by atoms with Gasteiger partial charge in [-0.25, -0.2) is 14.2 Å². The lowest BCUT2D eigenvalue weighted by Crippen LogP contribution is -2.55. The lowest BCUT2D eigenvalue weighted by atomic mass is 10.1. The van der Waals surface area contributed by atoms with Crippen LogP contribution in [0.1, 0.15) is 23.7 Å². The summed E-state index contributed by atoms with van der Waals surface area (Å²) in [6, 6.07) is 16.9. The van der Waals surface area contributed by atoms with Gasteiger partial charge in [-0.2, -0.15) is 4.98 Å².